The largest absolute Gasteiger partial charge is 0.465 e. The van der Waals surface area contributed by atoms with E-state index < -0.39 is 70.4 Å². The average Bonchev–Trinajstić information content (AvgIpc) is 3.26. The fourth-order valence-corrected chi connectivity index (χ4v) is 5.02. The highest BCUT2D eigenvalue weighted by molar-refractivity contribution is 14.1. The van der Waals surface area contributed by atoms with Crippen LogP contribution in [-0.4, -0.2) is 60.9 Å². The van der Waals surface area contributed by atoms with Crippen LogP contribution in [0.4, 0.5) is 13.2 Å². The summed E-state index contributed by atoms with van der Waals surface area (Å²) in [5.41, 5.74) is 0.267. The van der Waals surface area contributed by atoms with Crippen LogP contribution in [-0.2, 0) is 29.1 Å². The van der Waals surface area contributed by atoms with Crippen molar-refractivity contribution in [1.29, 1.82) is 0 Å². The van der Waals surface area contributed by atoms with Crippen molar-refractivity contribution in [2.45, 2.75) is 48.7 Å². The van der Waals surface area contributed by atoms with Gasteiger partial charge in [-0.25, -0.2) is 9.18 Å². The summed E-state index contributed by atoms with van der Waals surface area (Å²) in [6.07, 6.45) is -5.85. The summed E-state index contributed by atoms with van der Waals surface area (Å²) in [5, 5.41) is -5.02. The Morgan fingerprint density at radius 2 is 2.09 bits per heavy atom. The molecule has 1 aromatic rings. The smallest absolute Gasteiger partial charge is 0.400 e. The number of rotatable bonds is 6. The van der Waals surface area contributed by atoms with Crippen molar-refractivity contribution in [3.05, 3.63) is 27.3 Å². The maximum Gasteiger partial charge on any atom is 0.400 e. The molecule has 5 atom stereocenters. The van der Waals surface area contributed by atoms with Crippen LogP contribution in [0.1, 0.15) is 29.6 Å². The van der Waals surface area contributed by atoms with Crippen molar-refractivity contribution in [1.82, 2.24) is 0 Å². The van der Waals surface area contributed by atoms with Crippen molar-refractivity contribution in [3.8, 4) is 5.75 Å². The maximum atomic E-state index is 13.5. The molecule has 0 aromatic heterocycles. The van der Waals surface area contributed by atoms with Crippen LogP contribution >= 0.6 is 22.6 Å². The molecule has 1 aromatic carbocycles. The van der Waals surface area contributed by atoms with Crippen LogP contribution in [0.2, 0.25) is 0 Å². The van der Waals surface area contributed by atoms with Crippen molar-refractivity contribution in [2.75, 3.05) is 6.61 Å². The van der Waals surface area contributed by atoms with E-state index in [0.717, 1.165) is 0 Å². The minimum atomic E-state index is -5.94. The Hall–Kier alpha value is -1.65. The molecule has 2 bridgehead atoms. The Morgan fingerprint density at radius 3 is 2.72 bits per heavy atom. The van der Waals surface area contributed by atoms with Gasteiger partial charge in [0.25, 0.3) is 5.79 Å². The summed E-state index contributed by atoms with van der Waals surface area (Å²) in [4.78, 5) is 24.8. The molecule has 3 aliphatic heterocycles. The van der Waals surface area contributed by atoms with E-state index in [1.165, 1.54) is 0 Å². The van der Waals surface area contributed by atoms with Gasteiger partial charge in [-0.1, -0.05) is 6.07 Å². The van der Waals surface area contributed by atoms with Gasteiger partial charge in [-0.15, -0.1) is 0 Å². The molecule has 0 amide bonds. The zero-order valence-electron chi connectivity index (χ0n) is 16.0. The lowest BCUT2D eigenvalue weighted by molar-refractivity contribution is -0.186. The molecule has 4 rings (SSSR count). The summed E-state index contributed by atoms with van der Waals surface area (Å²) < 4.78 is 92.1. The number of fused-ring (bicyclic) bond motifs is 4. The second-order valence-electron chi connectivity index (χ2n) is 7.59. The summed E-state index contributed by atoms with van der Waals surface area (Å²) in [5.74, 6) is -3.33. The zero-order chi connectivity index (χ0) is 23.5. The predicted molar refractivity (Wildman–Crippen MR) is 106 cm³/mol. The van der Waals surface area contributed by atoms with Gasteiger partial charge in [-0.3, -0.25) is 9.35 Å². The minimum Gasteiger partial charge on any atom is -0.465 e. The molecule has 0 radical (unpaired) electrons. The molecule has 14 heteroatoms. The van der Waals surface area contributed by atoms with Crippen molar-refractivity contribution in [2.24, 2.45) is 5.92 Å². The number of carbonyl (C=O) groups excluding carboxylic acids is 2. The topological polar surface area (TPSA) is 125 Å². The zero-order valence-corrected chi connectivity index (χ0v) is 19.0. The van der Waals surface area contributed by atoms with Crippen LogP contribution in [0.25, 0.3) is 0 Å². The van der Waals surface area contributed by atoms with Crippen LogP contribution < -0.4 is 4.74 Å². The third-order valence-electron chi connectivity index (χ3n) is 5.59. The van der Waals surface area contributed by atoms with Gasteiger partial charge in [0, 0.05) is 6.42 Å². The van der Waals surface area contributed by atoms with Crippen molar-refractivity contribution >= 4 is 44.6 Å². The number of carbonyl (C=O) groups is 2. The van der Waals surface area contributed by atoms with Crippen LogP contribution in [0.15, 0.2) is 18.2 Å². The number of alkyl halides is 3. The van der Waals surface area contributed by atoms with Gasteiger partial charge in [-0.05, 0) is 41.1 Å². The van der Waals surface area contributed by atoms with Crippen LogP contribution in [0, 0.1) is 9.49 Å². The minimum absolute atomic E-state index is 0.0279. The number of benzene rings is 1. The fraction of sp³-hybridized carbons (Fsp3) is 0.556. The van der Waals surface area contributed by atoms with Crippen molar-refractivity contribution < 1.29 is 54.7 Å². The third kappa shape index (κ3) is 3.84. The molecule has 1 spiro atoms. The first-order chi connectivity index (χ1) is 14.9. The highest BCUT2D eigenvalue weighted by Crippen LogP contribution is 2.51. The van der Waals surface area contributed by atoms with Gasteiger partial charge in [-0.2, -0.15) is 17.2 Å². The van der Waals surface area contributed by atoms with E-state index in [2.05, 4.69) is 0 Å². The van der Waals surface area contributed by atoms with E-state index in [4.69, 9.17) is 23.5 Å². The number of halogens is 4. The second-order valence-corrected chi connectivity index (χ2v) is 10.2. The molecule has 5 unspecified atom stereocenters. The van der Waals surface area contributed by atoms with E-state index in [-0.39, 0.29) is 18.4 Å². The van der Waals surface area contributed by atoms with Crippen molar-refractivity contribution in [3.63, 3.8) is 0 Å². The molecule has 32 heavy (non-hydrogen) atoms. The molecule has 176 valence electrons. The van der Waals surface area contributed by atoms with Crippen LogP contribution in [0.3, 0.4) is 0 Å². The van der Waals surface area contributed by atoms with Gasteiger partial charge in [0.05, 0.1) is 28.6 Å². The highest BCUT2D eigenvalue weighted by atomic mass is 127. The Balaban J connectivity index is 1.36. The monoisotopic (exact) mass is 592 g/mol. The molecule has 3 heterocycles. The lowest BCUT2D eigenvalue weighted by atomic mass is 9.84. The lowest BCUT2D eigenvalue weighted by Gasteiger charge is -2.39. The molecule has 9 nitrogen and oxygen atoms in total. The van der Waals surface area contributed by atoms with Gasteiger partial charge < -0.3 is 18.9 Å². The maximum absolute atomic E-state index is 13.5. The van der Waals surface area contributed by atoms with Gasteiger partial charge in [0.1, 0.15) is 11.7 Å². The summed E-state index contributed by atoms with van der Waals surface area (Å²) in [6.45, 7) is -0.832. The van der Waals surface area contributed by atoms with Gasteiger partial charge in [0.15, 0.2) is 11.9 Å². The molecule has 0 aliphatic carbocycles. The summed E-state index contributed by atoms with van der Waals surface area (Å²) in [7, 11) is -5.94. The molecule has 1 N–H and O–H groups in total. The SMILES string of the molecule is O=C1OC2(CC3OC2CC3C(=O)OCCC(F)C(F)(F)S(=O)(=O)O)Oc2c(I)cccc21. The first kappa shape index (κ1) is 23.5. The predicted octanol–water partition coefficient (Wildman–Crippen LogP) is 2.47. The van der Waals surface area contributed by atoms with E-state index in [9.17, 15) is 31.2 Å². The first-order valence-corrected chi connectivity index (χ1v) is 11.9. The molecular weight excluding hydrogens is 576 g/mol. The van der Waals surface area contributed by atoms with Gasteiger partial charge in [0.2, 0.25) is 0 Å². The number of hydrogen-bond donors (Lipinski definition) is 1. The number of ether oxygens (including phenoxy) is 4. The molecule has 2 saturated heterocycles. The van der Waals surface area contributed by atoms with E-state index in [0.29, 0.717) is 9.32 Å². The fourth-order valence-electron chi connectivity index (χ4n) is 3.97. The number of para-hydroxylation sites is 1. The molecule has 3 aliphatic rings. The highest BCUT2D eigenvalue weighted by Gasteiger charge is 2.64. The molecular formula is C18H16F3IO9S. The molecule has 0 saturated carbocycles. The third-order valence-corrected chi connectivity index (χ3v) is 7.38. The van der Waals surface area contributed by atoms with E-state index >= 15 is 0 Å². The number of hydrogen-bond acceptors (Lipinski definition) is 8. The summed E-state index contributed by atoms with van der Waals surface area (Å²) in [6, 6.07) is 4.99. The van der Waals surface area contributed by atoms with Crippen LogP contribution in [0.5, 0.6) is 5.75 Å². The van der Waals surface area contributed by atoms with E-state index in [1.54, 1.807) is 18.2 Å². The Labute approximate surface area is 193 Å². The average molecular weight is 592 g/mol. The summed E-state index contributed by atoms with van der Waals surface area (Å²) >= 11 is 2.01. The first-order valence-electron chi connectivity index (χ1n) is 9.37. The lowest BCUT2D eigenvalue weighted by Crippen LogP contribution is -2.53. The Bertz CT molecular complexity index is 1070. The molecule has 2 fully saturated rings. The second kappa shape index (κ2) is 7.99. The Morgan fingerprint density at radius 1 is 1.38 bits per heavy atom. The normalized spacial score (nSPS) is 29.9. The van der Waals surface area contributed by atoms with E-state index in [1.807, 2.05) is 22.6 Å². The standard InChI is InChI=1S/C18H16F3IO9S/c19-12(18(20,21)32(25,26)27)4-5-28-15(23)9-6-13-17(7-11(9)29-13)30-14-8(16(24)31-17)2-1-3-10(14)22/h1-3,9,11-13H,4-7H2,(H,25,26,27). The Kier molecular flexibility index (Phi) is 5.87. The number of esters is 2. The quantitative estimate of drug-likeness (QED) is 0.301. The van der Waals surface area contributed by atoms with Gasteiger partial charge >= 0.3 is 27.3 Å².